The van der Waals surface area contributed by atoms with E-state index in [1.54, 1.807) is 36.1 Å². The summed E-state index contributed by atoms with van der Waals surface area (Å²) in [7, 11) is -3.55. The first-order valence-corrected chi connectivity index (χ1v) is 14.5. The van der Waals surface area contributed by atoms with Crippen LogP contribution in [0, 0.1) is 0 Å². The van der Waals surface area contributed by atoms with Crippen molar-refractivity contribution in [2.75, 3.05) is 17.1 Å². The zero-order valence-electron chi connectivity index (χ0n) is 20.5. The number of sulfonamides is 1. The van der Waals surface area contributed by atoms with Crippen molar-refractivity contribution in [3.05, 3.63) is 63.6 Å². The van der Waals surface area contributed by atoms with Gasteiger partial charge in [0.25, 0.3) is 0 Å². The van der Waals surface area contributed by atoms with Crippen LogP contribution in [0.25, 0.3) is 0 Å². The fourth-order valence-corrected chi connectivity index (χ4v) is 5.03. The molecular formula is C25H33BrClN3O4S. The molecule has 0 aromatic heterocycles. The fourth-order valence-electron chi connectivity index (χ4n) is 3.49. The molecule has 1 N–H and O–H groups in total. The third-order valence-corrected chi connectivity index (χ3v) is 7.62. The Labute approximate surface area is 222 Å². The van der Waals surface area contributed by atoms with Gasteiger partial charge in [-0.25, -0.2) is 8.42 Å². The maximum atomic E-state index is 13.3. The number of hydrogen-bond donors (Lipinski definition) is 1. The van der Waals surface area contributed by atoms with Crippen LogP contribution in [-0.2, 0) is 26.2 Å². The van der Waals surface area contributed by atoms with E-state index in [2.05, 4.69) is 21.2 Å². The normalized spacial score (nSPS) is 13.1. The molecule has 2 aromatic carbocycles. The number of nitrogens with zero attached hydrogens (tertiary/aromatic N) is 2. The van der Waals surface area contributed by atoms with Crippen molar-refractivity contribution >= 4 is 55.1 Å². The molecule has 0 aliphatic heterocycles. The summed E-state index contributed by atoms with van der Waals surface area (Å²) < 4.78 is 26.9. The lowest BCUT2D eigenvalue weighted by molar-refractivity contribution is -0.140. The third kappa shape index (κ3) is 9.13. The lowest BCUT2D eigenvalue weighted by atomic mass is 10.1. The summed E-state index contributed by atoms with van der Waals surface area (Å²) in [5.74, 6) is -0.442. The molecule has 10 heteroatoms. The monoisotopic (exact) mass is 585 g/mol. The first kappa shape index (κ1) is 29.1. The fraction of sp³-hybridized carbons (Fsp3) is 0.440. The van der Waals surface area contributed by atoms with Gasteiger partial charge in [-0.15, -0.1) is 0 Å². The number of carbonyl (C=O) groups is 2. The van der Waals surface area contributed by atoms with Crippen LogP contribution in [0.5, 0.6) is 0 Å². The van der Waals surface area contributed by atoms with E-state index in [-0.39, 0.29) is 37.4 Å². The van der Waals surface area contributed by atoms with Crippen molar-refractivity contribution in [3.8, 4) is 0 Å². The van der Waals surface area contributed by atoms with E-state index in [9.17, 15) is 18.0 Å². The predicted octanol–water partition coefficient (Wildman–Crippen LogP) is 4.98. The average molecular weight is 587 g/mol. The molecule has 7 nitrogen and oxygen atoms in total. The zero-order valence-corrected chi connectivity index (χ0v) is 23.7. The van der Waals surface area contributed by atoms with Gasteiger partial charge in [0.05, 0.1) is 11.9 Å². The lowest BCUT2D eigenvalue weighted by Gasteiger charge is -2.30. The molecule has 0 fully saturated rings. The Morgan fingerprint density at radius 3 is 2.34 bits per heavy atom. The number of rotatable bonds is 12. The summed E-state index contributed by atoms with van der Waals surface area (Å²) in [5.41, 5.74) is 1.37. The summed E-state index contributed by atoms with van der Waals surface area (Å²) in [4.78, 5) is 27.7. The molecule has 0 unspecified atom stereocenters. The molecule has 2 aromatic rings. The van der Waals surface area contributed by atoms with Gasteiger partial charge in [0.2, 0.25) is 21.8 Å². The molecule has 0 bridgehead atoms. The van der Waals surface area contributed by atoms with Gasteiger partial charge in [-0.2, -0.15) is 0 Å². The SMILES string of the molecule is CC[C@H](C)NC(=O)[C@@H](C)N(Cc1cccc(Br)c1)C(=O)CCCN(c1ccc(Cl)cc1)S(C)(=O)=O. The molecule has 0 aliphatic rings. The maximum Gasteiger partial charge on any atom is 0.242 e. The number of halogens is 2. The second kappa shape index (κ2) is 13.3. The predicted molar refractivity (Wildman–Crippen MR) is 145 cm³/mol. The van der Waals surface area contributed by atoms with E-state index in [4.69, 9.17) is 11.6 Å². The Morgan fingerprint density at radius 2 is 1.77 bits per heavy atom. The highest BCUT2D eigenvalue weighted by Crippen LogP contribution is 2.22. The summed E-state index contributed by atoms with van der Waals surface area (Å²) in [5, 5.41) is 3.45. The zero-order chi connectivity index (χ0) is 26.2. The standard InChI is InChI=1S/C25H33BrClN3O4S/c1-5-18(2)28-25(32)19(3)29(17-20-8-6-9-21(26)16-20)24(31)10-7-15-30(35(4,33)34)23-13-11-22(27)12-14-23/h6,8-9,11-14,16,18-19H,5,7,10,15,17H2,1-4H3,(H,28,32)/t18-,19+/m0/s1. The van der Waals surface area contributed by atoms with E-state index >= 15 is 0 Å². The van der Waals surface area contributed by atoms with E-state index in [1.165, 1.54) is 4.31 Å². The Hall–Kier alpha value is -2.10. The molecule has 0 saturated heterocycles. The van der Waals surface area contributed by atoms with Crippen molar-refractivity contribution in [1.82, 2.24) is 10.2 Å². The summed E-state index contributed by atoms with van der Waals surface area (Å²) in [6, 6.07) is 13.4. The molecule has 0 spiro atoms. The van der Waals surface area contributed by atoms with Crippen LogP contribution in [0.4, 0.5) is 5.69 Å². The van der Waals surface area contributed by atoms with Gasteiger partial charge in [-0.05, 0) is 68.7 Å². The lowest BCUT2D eigenvalue weighted by Crippen LogP contribution is -2.49. The molecule has 0 aliphatic carbocycles. The molecule has 0 radical (unpaired) electrons. The van der Waals surface area contributed by atoms with Crippen molar-refractivity contribution in [2.24, 2.45) is 0 Å². The van der Waals surface area contributed by atoms with Gasteiger partial charge in [-0.3, -0.25) is 13.9 Å². The molecule has 2 atom stereocenters. The second-order valence-corrected chi connectivity index (χ2v) is 11.8. The highest BCUT2D eigenvalue weighted by atomic mass is 79.9. The van der Waals surface area contributed by atoms with E-state index in [0.29, 0.717) is 17.1 Å². The van der Waals surface area contributed by atoms with Gasteiger partial charge in [0, 0.05) is 35.0 Å². The van der Waals surface area contributed by atoms with Crippen molar-refractivity contribution in [3.63, 3.8) is 0 Å². The number of carbonyl (C=O) groups excluding carboxylic acids is 2. The van der Waals surface area contributed by atoms with E-state index in [0.717, 1.165) is 22.7 Å². The van der Waals surface area contributed by atoms with Gasteiger partial charge in [-0.1, -0.05) is 46.6 Å². The van der Waals surface area contributed by atoms with Crippen molar-refractivity contribution in [2.45, 2.75) is 58.7 Å². The number of hydrogen-bond acceptors (Lipinski definition) is 4. The molecule has 192 valence electrons. The summed E-state index contributed by atoms with van der Waals surface area (Å²) >= 11 is 9.38. The molecule has 0 heterocycles. The minimum atomic E-state index is -3.55. The topological polar surface area (TPSA) is 86.8 Å². The number of amides is 2. The van der Waals surface area contributed by atoms with Crippen LogP contribution >= 0.6 is 27.5 Å². The smallest absolute Gasteiger partial charge is 0.242 e. The first-order valence-electron chi connectivity index (χ1n) is 11.5. The van der Waals surface area contributed by atoms with Gasteiger partial charge in [0.15, 0.2) is 0 Å². The number of anilines is 1. The average Bonchev–Trinajstić information content (AvgIpc) is 2.79. The largest absolute Gasteiger partial charge is 0.352 e. The highest BCUT2D eigenvalue weighted by molar-refractivity contribution is 9.10. The van der Waals surface area contributed by atoms with Gasteiger partial charge >= 0.3 is 0 Å². The highest BCUT2D eigenvalue weighted by Gasteiger charge is 2.27. The first-order chi connectivity index (χ1) is 16.4. The van der Waals surface area contributed by atoms with Crippen molar-refractivity contribution < 1.29 is 18.0 Å². The van der Waals surface area contributed by atoms with Crippen LogP contribution in [0.2, 0.25) is 5.02 Å². The third-order valence-electron chi connectivity index (χ3n) is 5.68. The van der Waals surface area contributed by atoms with Crippen LogP contribution in [0.3, 0.4) is 0 Å². The Kier molecular flexibility index (Phi) is 11.0. The minimum Gasteiger partial charge on any atom is -0.352 e. The van der Waals surface area contributed by atoms with Crippen LogP contribution in [-0.4, -0.2) is 50.0 Å². The Bertz CT molecular complexity index is 1110. The Morgan fingerprint density at radius 1 is 1.11 bits per heavy atom. The number of nitrogens with one attached hydrogen (secondary N) is 1. The van der Waals surface area contributed by atoms with Crippen molar-refractivity contribution in [1.29, 1.82) is 0 Å². The second-order valence-electron chi connectivity index (χ2n) is 8.56. The molecule has 2 amide bonds. The number of benzene rings is 2. The van der Waals surface area contributed by atoms with Gasteiger partial charge < -0.3 is 10.2 Å². The molecular weight excluding hydrogens is 554 g/mol. The summed E-state index contributed by atoms with van der Waals surface area (Å²) in [6.07, 6.45) is 2.30. The minimum absolute atomic E-state index is 0.00420. The summed E-state index contributed by atoms with van der Waals surface area (Å²) in [6.45, 7) is 6.00. The quantitative estimate of drug-likeness (QED) is 0.380. The molecule has 35 heavy (non-hydrogen) atoms. The Balaban J connectivity index is 2.16. The van der Waals surface area contributed by atoms with E-state index in [1.807, 2.05) is 38.1 Å². The van der Waals surface area contributed by atoms with Crippen LogP contribution in [0.15, 0.2) is 53.0 Å². The van der Waals surface area contributed by atoms with Gasteiger partial charge in [0.1, 0.15) is 6.04 Å². The molecule has 0 saturated carbocycles. The van der Waals surface area contributed by atoms with Crippen LogP contribution < -0.4 is 9.62 Å². The van der Waals surface area contributed by atoms with Crippen LogP contribution in [0.1, 0.15) is 45.6 Å². The van der Waals surface area contributed by atoms with E-state index < -0.39 is 16.1 Å². The molecule has 2 rings (SSSR count). The maximum absolute atomic E-state index is 13.3.